The highest BCUT2D eigenvalue weighted by Gasteiger charge is 2.24. The van der Waals surface area contributed by atoms with E-state index in [1.807, 2.05) is 24.4 Å². The van der Waals surface area contributed by atoms with Crippen LogP contribution in [-0.4, -0.2) is 28.5 Å². The van der Waals surface area contributed by atoms with Gasteiger partial charge < -0.3 is 4.74 Å². The highest BCUT2D eigenvalue weighted by Crippen LogP contribution is 2.29. The predicted octanol–water partition coefficient (Wildman–Crippen LogP) is 3.00. The van der Waals surface area contributed by atoms with Gasteiger partial charge in [-0.3, -0.25) is 9.88 Å². The smallest absolute Gasteiger partial charge is 0.220 e. The number of rotatable bonds is 1. The van der Waals surface area contributed by atoms with Crippen LogP contribution >= 0.6 is 11.6 Å². The summed E-state index contributed by atoms with van der Waals surface area (Å²) in [7, 11) is 2.07. The van der Waals surface area contributed by atoms with Gasteiger partial charge in [-0.15, -0.1) is 0 Å². The summed E-state index contributed by atoms with van der Waals surface area (Å²) >= 11 is 5.96. The van der Waals surface area contributed by atoms with Gasteiger partial charge in [0.25, 0.3) is 0 Å². The van der Waals surface area contributed by atoms with Crippen molar-refractivity contribution in [2.75, 3.05) is 13.6 Å². The van der Waals surface area contributed by atoms with Crippen LogP contribution in [0.5, 0.6) is 5.88 Å². The summed E-state index contributed by atoms with van der Waals surface area (Å²) in [5, 5.41) is 0.448. The van der Waals surface area contributed by atoms with Crippen molar-refractivity contribution >= 4 is 11.6 Å². The standard InChI is InChI=1S/C15H16ClN3O/c1-10-5-6-17-12(7-10)13-9-19(2)8-11-3-4-14(16)18-15(11)20-13/h3-7,13H,8-9H2,1-2H3. The van der Waals surface area contributed by atoms with Crippen molar-refractivity contribution in [2.24, 2.45) is 0 Å². The molecule has 20 heavy (non-hydrogen) atoms. The maximum Gasteiger partial charge on any atom is 0.220 e. The molecular formula is C15H16ClN3O. The van der Waals surface area contributed by atoms with E-state index in [0.29, 0.717) is 11.0 Å². The molecule has 0 N–H and O–H groups in total. The second-order valence-corrected chi connectivity index (χ2v) is 5.55. The molecule has 0 fully saturated rings. The molecule has 0 aromatic carbocycles. The zero-order valence-electron chi connectivity index (χ0n) is 11.5. The fraction of sp³-hybridized carbons (Fsp3) is 0.333. The lowest BCUT2D eigenvalue weighted by molar-refractivity contribution is 0.156. The Morgan fingerprint density at radius 2 is 2.20 bits per heavy atom. The molecule has 1 aliphatic heterocycles. The van der Waals surface area contributed by atoms with Gasteiger partial charge in [0.2, 0.25) is 5.88 Å². The lowest BCUT2D eigenvalue weighted by Gasteiger charge is -2.19. The fourth-order valence-electron chi connectivity index (χ4n) is 2.37. The van der Waals surface area contributed by atoms with Crippen molar-refractivity contribution in [3.8, 4) is 5.88 Å². The average Bonchev–Trinajstić information content (AvgIpc) is 2.56. The second-order valence-electron chi connectivity index (χ2n) is 5.16. The van der Waals surface area contributed by atoms with Crippen molar-refractivity contribution in [1.29, 1.82) is 0 Å². The summed E-state index contributed by atoms with van der Waals surface area (Å²) in [6, 6.07) is 7.79. The number of likely N-dealkylation sites (N-methyl/N-ethyl adjacent to an activating group) is 1. The molecule has 0 radical (unpaired) electrons. The largest absolute Gasteiger partial charge is 0.466 e. The first kappa shape index (κ1) is 13.3. The third kappa shape index (κ3) is 2.76. The van der Waals surface area contributed by atoms with Crippen LogP contribution in [0.25, 0.3) is 0 Å². The van der Waals surface area contributed by atoms with Crippen LogP contribution in [0.1, 0.15) is 22.9 Å². The monoisotopic (exact) mass is 289 g/mol. The topological polar surface area (TPSA) is 38.2 Å². The highest BCUT2D eigenvalue weighted by atomic mass is 35.5. The van der Waals surface area contributed by atoms with Crippen LogP contribution < -0.4 is 4.74 Å². The molecule has 0 saturated carbocycles. The number of hydrogen-bond acceptors (Lipinski definition) is 4. The Labute approximate surface area is 123 Å². The van der Waals surface area contributed by atoms with E-state index in [0.717, 1.165) is 24.3 Å². The molecule has 1 unspecified atom stereocenters. The normalized spacial score (nSPS) is 19.1. The third-order valence-corrected chi connectivity index (χ3v) is 3.55. The summed E-state index contributed by atoms with van der Waals surface area (Å²) in [5.41, 5.74) is 3.14. The van der Waals surface area contributed by atoms with E-state index >= 15 is 0 Å². The summed E-state index contributed by atoms with van der Waals surface area (Å²) < 4.78 is 6.05. The Morgan fingerprint density at radius 3 is 3.00 bits per heavy atom. The van der Waals surface area contributed by atoms with Gasteiger partial charge in [0.05, 0.1) is 5.69 Å². The second kappa shape index (κ2) is 5.38. The number of nitrogens with zero attached hydrogens (tertiary/aromatic N) is 3. The minimum atomic E-state index is -0.132. The van der Waals surface area contributed by atoms with Crippen molar-refractivity contribution in [1.82, 2.24) is 14.9 Å². The lowest BCUT2D eigenvalue weighted by atomic mass is 10.1. The molecule has 0 amide bonds. The molecule has 1 atom stereocenters. The maximum absolute atomic E-state index is 6.05. The lowest BCUT2D eigenvalue weighted by Crippen LogP contribution is -2.24. The molecule has 5 heteroatoms. The number of aromatic nitrogens is 2. The molecule has 4 nitrogen and oxygen atoms in total. The van der Waals surface area contributed by atoms with Crippen LogP contribution in [-0.2, 0) is 6.54 Å². The Morgan fingerprint density at radius 1 is 1.35 bits per heavy atom. The average molecular weight is 290 g/mol. The number of ether oxygens (including phenoxy) is 1. The first-order valence-corrected chi connectivity index (χ1v) is 6.93. The van der Waals surface area contributed by atoms with E-state index in [4.69, 9.17) is 16.3 Å². The number of pyridine rings is 2. The van der Waals surface area contributed by atoms with Crippen LogP contribution in [0.2, 0.25) is 5.15 Å². The Balaban J connectivity index is 1.97. The Bertz CT molecular complexity index is 632. The summed E-state index contributed by atoms with van der Waals surface area (Å²) in [5.74, 6) is 0.607. The van der Waals surface area contributed by atoms with Crippen molar-refractivity contribution < 1.29 is 4.74 Å². The number of hydrogen-bond donors (Lipinski definition) is 0. The van der Waals surface area contributed by atoms with Gasteiger partial charge in [0, 0.05) is 24.8 Å². The van der Waals surface area contributed by atoms with Crippen LogP contribution in [0, 0.1) is 6.92 Å². The number of halogens is 1. The zero-order chi connectivity index (χ0) is 14.1. The van der Waals surface area contributed by atoms with E-state index in [1.54, 1.807) is 6.07 Å². The minimum Gasteiger partial charge on any atom is -0.466 e. The molecule has 3 rings (SSSR count). The zero-order valence-corrected chi connectivity index (χ0v) is 12.3. The molecule has 0 aliphatic carbocycles. The summed E-state index contributed by atoms with van der Waals surface area (Å²) in [4.78, 5) is 10.9. The van der Waals surface area contributed by atoms with E-state index in [9.17, 15) is 0 Å². The first-order valence-electron chi connectivity index (χ1n) is 6.55. The van der Waals surface area contributed by atoms with Crippen LogP contribution in [0.15, 0.2) is 30.5 Å². The van der Waals surface area contributed by atoms with Crippen molar-refractivity contribution in [3.63, 3.8) is 0 Å². The molecule has 3 heterocycles. The third-order valence-electron chi connectivity index (χ3n) is 3.34. The van der Waals surface area contributed by atoms with Gasteiger partial charge in [-0.05, 0) is 43.8 Å². The van der Waals surface area contributed by atoms with Crippen molar-refractivity contribution in [3.05, 3.63) is 52.4 Å². The van der Waals surface area contributed by atoms with Gasteiger partial charge in [-0.25, -0.2) is 4.98 Å². The van der Waals surface area contributed by atoms with Crippen LogP contribution in [0.3, 0.4) is 0 Å². The van der Waals surface area contributed by atoms with Crippen molar-refractivity contribution in [2.45, 2.75) is 19.6 Å². The van der Waals surface area contributed by atoms with E-state index in [1.165, 1.54) is 5.56 Å². The predicted molar refractivity (Wildman–Crippen MR) is 77.9 cm³/mol. The van der Waals surface area contributed by atoms with Gasteiger partial charge in [0.1, 0.15) is 5.15 Å². The Kier molecular flexibility index (Phi) is 3.59. The molecule has 0 spiro atoms. The van der Waals surface area contributed by atoms with Gasteiger partial charge in [-0.2, -0.15) is 0 Å². The van der Waals surface area contributed by atoms with Gasteiger partial charge in [-0.1, -0.05) is 11.6 Å². The minimum absolute atomic E-state index is 0.132. The molecular weight excluding hydrogens is 274 g/mol. The molecule has 2 aromatic heterocycles. The van der Waals surface area contributed by atoms with Gasteiger partial charge in [0.15, 0.2) is 6.10 Å². The highest BCUT2D eigenvalue weighted by molar-refractivity contribution is 6.29. The molecule has 0 bridgehead atoms. The quantitative estimate of drug-likeness (QED) is 0.757. The van der Waals surface area contributed by atoms with E-state index < -0.39 is 0 Å². The van der Waals surface area contributed by atoms with Crippen LogP contribution in [0.4, 0.5) is 0 Å². The SMILES string of the molecule is Cc1ccnc(C2CN(C)Cc3ccc(Cl)nc3O2)c1. The maximum atomic E-state index is 6.05. The first-order chi connectivity index (χ1) is 9.61. The molecule has 2 aromatic rings. The summed E-state index contributed by atoms with van der Waals surface area (Å²) in [6.45, 7) is 3.61. The van der Waals surface area contributed by atoms with Gasteiger partial charge >= 0.3 is 0 Å². The molecule has 1 aliphatic rings. The summed E-state index contributed by atoms with van der Waals surface area (Å²) in [6.07, 6.45) is 1.68. The Hall–Kier alpha value is -1.65. The number of fused-ring (bicyclic) bond motifs is 1. The molecule has 104 valence electrons. The molecule has 0 saturated heterocycles. The fourth-order valence-corrected chi connectivity index (χ4v) is 2.51. The van der Waals surface area contributed by atoms with E-state index in [-0.39, 0.29) is 6.10 Å². The number of aryl methyl sites for hydroxylation is 1. The van der Waals surface area contributed by atoms with E-state index in [2.05, 4.69) is 28.8 Å².